The highest BCUT2D eigenvalue weighted by molar-refractivity contribution is 9.10. The first-order chi connectivity index (χ1) is 8.27. The fraction of sp³-hybridized carbons (Fsp3) is 0.273. The second-order valence-corrected chi connectivity index (χ2v) is 4.97. The fourth-order valence-electron chi connectivity index (χ4n) is 1.07. The smallest absolute Gasteiger partial charge is 0.285 e. The average molecular weight is 312 g/mol. The van der Waals surface area contributed by atoms with Crippen LogP contribution in [0.2, 0.25) is 0 Å². The fourth-order valence-corrected chi connectivity index (χ4v) is 1.46. The molecule has 7 heteroatoms. The molecule has 0 aliphatic carbocycles. The molecule has 0 aromatic heterocycles. The van der Waals surface area contributed by atoms with Crippen molar-refractivity contribution in [1.29, 1.82) is 5.26 Å². The number of benzene rings is 1. The minimum atomic E-state index is -1.19. The van der Waals surface area contributed by atoms with Crippen molar-refractivity contribution in [3.05, 3.63) is 32.8 Å². The Balaban J connectivity index is 3.01. The van der Waals surface area contributed by atoms with E-state index in [0.717, 1.165) is 0 Å². The van der Waals surface area contributed by atoms with Crippen molar-refractivity contribution >= 4 is 33.2 Å². The molecule has 0 saturated carbocycles. The van der Waals surface area contributed by atoms with Crippen molar-refractivity contribution in [2.45, 2.75) is 13.8 Å². The summed E-state index contributed by atoms with van der Waals surface area (Å²) in [5.74, 6) is -0.512. The Bertz CT molecular complexity index is 549. The standard InChI is InChI=1S/C11H10BrN3O3/c1-11(2,6-13)10(16)14-7-3-4-8(12)9(5-7)15(17)18/h3-5H,1-2H3,(H,14,16). The zero-order valence-electron chi connectivity index (χ0n) is 9.73. The van der Waals surface area contributed by atoms with Crippen LogP contribution in [0.5, 0.6) is 0 Å². The van der Waals surface area contributed by atoms with Gasteiger partial charge >= 0.3 is 0 Å². The third-order valence-electron chi connectivity index (χ3n) is 2.25. The average Bonchev–Trinajstić information content (AvgIpc) is 2.31. The van der Waals surface area contributed by atoms with Crippen LogP contribution in [-0.4, -0.2) is 10.8 Å². The predicted octanol–water partition coefficient (Wildman–Crippen LogP) is 2.85. The number of hydrogen-bond acceptors (Lipinski definition) is 4. The van der Waals surface area contributed by atoms with Crippen molar-refractivity contribution in [1.82, 2.24) is 0 Å². The molecule has 0 radical (unpaired) electrons. The predicted molar refractivity (Wildman–Crippen MR) is 68.8 cm³/mol. The first kappa shape index (κ1) is 14.1. The first-order valence-electron chi connectivity index (χ1n) is 4.94. The van der Waals surface area contributed by atoms with Crippen LogP contribution in [0.1, 0.15) is 13.8 Å². The number of anilines is 1. The van der Waals surface area contributed by atoms with E-state index in [1.807, 2.05) is 6.07 Å². The number of nitrogens with zero attached hydrogens (tertiary/aromatic N) is 2. The summed E-state index contributed by atoms with van der Waals surface area (Å²) in [6.07, 6.45) is 0. The molecule has 0 atom stereocenters. The maximum Gasteiger partial charge on any atom is 0.285 e. The number of carbonyl (C=O) groups is 1. The van der Waals surface area contributed by atoms with Crippen LogP contribution in [0.3, 0.4) is 0 Å². The Labute approximate surface area is 112 Å². The van der Waals surface area contributed by atoms with Crippen LogP contribution in [0.25, 0.3) is 0 Å². The summed E-state index contributed by atoms with van der Waals surface area (Å²) in [5.41, 5.74) is -1.07. The van der Waals surface area contributed by atoms with Crippen LogP contribution in [0, 0.1) is 26.9 Å². The van der Waals surface area contributed by atoms with Gasteiger partial charge in [0.25, 0.3) is 5.69 Å². The third-order valence-corrected chi connectivity index (χ3v) is 2.92. The number of halogens is 1. The Kier molecular flexibility index (Phi) is 4.03. The van der Waals surface area contributed by atoms with Crippen LogP contribution in [-0.2, 0) is 4.79 Å². The SMILES string of the molecule is CC(C)(C#N)C(=O)Nc1ccc(Br)c([N+](=O)[O-])c1. The molecule has 1 aromatic rings. The van der Waals surface area contributed by atoms with Gasteiger partial charge in [-0.3, -0.25) is 14.9 Å². The molecule has 0 bridgehead atoms. The van der Waals surface area contributed by atoms with Crippen LogP contribution >= 0.6 is 15.9 Å². The first-order valence-corrected chi connectivity index (χ1v) is 5.74. The Morgan fingerprint density at radius 2 is 2.17 bits per heavy atom. The number of nitro groups is 1. The van der Waals surface area contributed by atoms with E-state index >= 15 is 0 Å². The van der Waals surface area contributed by atoms with E-state index in [0.29, 0.717) is 4.47 Å². The summed E-state index contributed by atoms with van der Waals surface area (Å²) >= 11 is 3.04. The number of nitriles is 1. The van der Waals surface area contributed by atoms with Gasteiger partial charge in [-0.25, -0.2) is 0 Å². The number of amides is 1. The van der Waals surface area contributed by atoms with Gasteiger partial charge in [-0.05, 0) is 41.9 Å². The van der Waals surface area contributed by atoms with Crippen LogP contribution < -0.4 is 5.32 Å². The highest BCUT2D eigenvalue weighted by atomic mass is 79.9. The molecule has 1 N–H and O–H groups in total. The van der Waals surface area contributed by atoms with Gasteiger partial charge in [0.15, 0.2) is 0 Å². The molecule has 18 heavy (non-hydrogen) atoms. The van der Waals surface area contributed by atoms with Crippen LogP contribution in [0.15, 0.2) is 22.7 Å². The normalized spacial score (nSPS) is 10.6. The van der Waals surface area contributed by atoms with Gasteiger partial charge in [-0.1, -0.05) is 0 Å². The molecular formula is C11H10BrN3O3. The lowest BCUT2D eigenvalue weighted by Crippen LogP contribution is -2.29. The van der Waals surface area contributed by atoms with Gasteiger partial charge < -0.3 is 5.32 Å². The van der Waals surface area contributed by atoms with Gasteiger partial charge in [0.05, 0.1) is 15.5 Å². The number of hydrogen-bond donors (Lipinski definition) is 1. The molecule has 1 aromatic carbocycles. The van der Waals surface area contributed by atoms with E-state index in [1.165, 1.54) is 32.0 Å². The van der Waals surface area contributed by atoms with Gasteiger partial charge in [0, 0.05) is 11.8 Å². The summed E-state index contributed by atoms with van der Waals surface area (Å²) < 4.78 is 0.324. The summed E-state index contributed by atoms with van der Waals surface area (Å²) in [4.78, 5) is 21.9. The summed E-state index contributed by atoms with van der Waals surface area (Å²) in [7, 11) is 0. The van der Waals surface area contributed by atoms with E-state index in [1.54, 1.807) is 0 Å². The maximum atomic E-state index is 11.7. The number of nitro benzene ring substituents is 1. The van der Waals surface area contributed by atoms with E-state index in [-0.39, 0.29) is 11.4 Å². The lowest BCUT2D eigenvalue weighted by atomic mass is 9.94. The largest absolute Gasteiger partial charge is 0.324 e. The molecular weight excluding hydrogens is 302 g/mol. The minimum Gasteiger partial charge on any atom is -0.324 e. The monoisotopic (exact) mass is 311 g/mol. The molecule has 0 saturated heterocycles. The molecule has 0 fully saturated rings. The second kappa shape index (κ2) is 5.14. The van der Waals surface area contributed by atoms with Gasteiger partial charge in [0.2, 0.25) is 5.91 Å². The van der Waals surface area contributed by atoms with E-state index < -0.39 is 16.2 Å². The zero-order chi connectivity index (χ0) is 13.9. The van der Waals surface area contributed by atoms with Gasteiger partial charge in [-0.15, -0.1) is 0 Å². The van der Waals surface area contributed by atoms with Crippen LogP contribution in [0.4, 0.5) is 11.4 Å². The van der Waals surface area contributed by atoms with E-state index in [9.17, 15) is 14.9 Å². The lowest BCUT2D eigenvalue weighted by Gasteiger charge is -2.14. The number of rotatable bonds is 3. The number of nitrogens with one attached hydrogen (secondary N) is 1. The molecule has 0 heterocycles. The van der Waals surface area contributed by atoms with Crippen molar-refractivity contribution < 1.29 is 9.72 Å². The van der Waals surface area contributed by atoms with E-state index in [2.05, 4.69) is 21.2 Å². The Hall–Kier alpha value is -1.94. The van der Waals surface area contributed by atoms with E-state index in [4.69, 9.17) is 5.26 Å². The minimum absolute atomic E-state index is 0.150. The topological polar surface area (TPSA) is 96.0 Å². The van der Waals surface area contributed by atoms with Gasteiger partial charge in [0.1, 0.15) is 5.41 Å². The quantitative estimate of drug-likeness (QED) is 0.685. The van der Waals surface area contributed by atoms with Crippen molar-refractivity contribution in [2.75, 3.05) is 5.32 Å². The number of carbonyl (C=O) groups excluding carboxylic acids is 1. The summed E-state index contributed by atoms with van der Waals surface area (Å²) in [6.45, 7) is 2.94. The van der Waals surface area contributed by atoms with Crippen molar-refractivity contribution in [2.24, 2.45) is 5.41 Å². The highest BCUT2D eigenvalue weighted by Crippen LogP contribution is 2.28. The molecule has 0 aliphatic heterocycles. The molecule has 0 aliphatic rings. The third kappa shape index (κ3) is 3.05. The molecule has 94 valence electrons. The summed E-state index contributed by atoms with van der Waals surface area (Å²) in [5, 5.41) is 22.0. The highest BCUT2D eigenvalue weighted by Gasteiger charge is 2.27. The maximum absolute atomic E-state index is 11.7. The lowest BCUT2D eigenvalue weighted by molar-refractivity contribution is -0.385. The van der Waals surface area contributed by atoms with Crippen molar-refractivity contribution in [3.8, 4) is 6.07 Å². The Morgan fingerprint density at radius 1 is 1.56 bits per heavy atom. The Morgan fingerprint density at radius 3 is 2.67 bits per heavy atom. The summed E-state index contributed by atoms with van der Waals surface area (Å²) in [6, 6.07) is 6.07. The molecule has 0 unspecified atom stereocenters. The van der Waals surface area contributed by atoms with Gasteiger partial charge in [-0.2, -0.15) is 5.26 Å². The molecule has 0 spiro atoms. The zero-order valence-corrected chi connectivity index (χ0v) is 11.3. The molecule has 1 amide bonds. The molecule has 1 rings (SSSR count). The molecule has 6 nitrogen and oxygen atoms in total. The second-order valence-electron chi connectivity index (χ2n) is 4.11. The van der Waals surface area contributed by atoms with Crippen molar-refractivity contribution in [3.63, 3.8) is 0 Å².